The largest absolute Gasteiger partial charge is 0.328 e. The number of sulfonamides is 1. The van der Waals surface area contributed by atoms with Gasteiger partial charge in [0.2, 0.25) is 10.0 Å². The smallest absolute Gasteiger partial charge is 0.246 e. The molecule has 9 heteroatoms. The van der Waals surface area contributed by atoms with Crippen LogP contribution in [0.15, 0.2) is 28.0 Å². The Morgan fingerprint density at radius 1 is 1.19 bits per heavy atom. The van der Waals surface area contributed by atoms with Crippen LogP contribution >= 0.6 is 0 Å². The molecule has 0 saturated carbocycles. The van der Waals surface area contributed by atoms with E-state index in [1.54, 1.807) is 0 Å². The van der Waals surface area contributed by atoms with E-state index in [-0.39, 0.29) is 24.0 Å². The summed E-state index contributed by atoms with van der Waals surface area (Å²) in [5, 5.41) is 0. The maximum Gasteiger partial charge on any atom is 0.246 e. The van der Waals surface area contributed by atoms with E-state index in [1.807, 2.05) is 0 Å². The zero-order valence-electron chi connectivity index (χ0n) is 11.5. The Labute approximate surface area is 123 Å². The zero-order valence-corrected chi connectivity index (χ0v) is 13.1. The van der Waals surface area contributed by atoms with E-state index in [2.05, 4.69) is 0 Å². The van der Waals surface area contributed by atoms with Gasteiger partial charge >= 0.3 is 0 Å². The van der Waals surface area contributed by atoms with E-state index in [0.717, 1.165) is 28.8 Å². The van der Waals surface area contributed by atoms with E-state index in [0.29, 0.717) is 12.8 Å². The number of hydrogen-bond acceptors (Lipinski definition) is 5. The van der Waals surface area contributed by atoms with Crippen molar-refractivity contribution in [2.45, 2.75) is 28.7 Å². The Morgan fingerprint density at radius 2 is 1.76 bits per heavy atom. The van der Waals surface area contributed by atoms with E-state index < -0.39 is 30.6 Å². The molecule has 0 spiro atoms. The van der Waals surface area contributed by atoms with Crippen molar-refractivity contribution in [1.29, 1.82) is 0 Å². The van der Waals surface area contributed by atoms with E-state index in [1.165, 1.54) is 0 Å². The molecule has 0 aliphatic carbocycles. The van der Waals surface area contributed by atoms with Gasteiger partial charge in [-0.15, -0.1) is 0 Å². The Kier molecular flexibility index (Phi) is 4.39. The van der Waals surface area contributed by atoms with Crippen LogP contribution in [0.1, 0.15) is 12.8 Å². The average molecular weight is 336 g/mol. The van der Waals surface area contributed by atoms with E-state index >= 15 is 0 Å². The fourth-order valence-electron chi connectivity index (χ4n) is 2.17. The van der Waals surface area contributed by atoms with Crippen LogP contribution in [0.4, 0.5) is 4.39 Å². The fourth-order valence-corrected chi connectivity index (χ4v) is 4.45. The van der Waals surface area contributed by atoms with Crippen molar-refractivity contribution in [2.75, 3.05) is 19.3 Å². The molecule has 21 heavy (non-hydrogen) atoms. The zero-order chi connectivity index (χ0) is 15.8. The molecule has 0 atom stereocenters. The van der Waals surface area contributed by atoms with Crippen molar-refractivity contribution < 1.29 is 21.2 Å². The van der Waals surface area contributed by atoms with Crippen molar-refractivity contribution in [3.63, 3.8) is 0 Å². The SMILES string of the molecule is CS(=O)(=O)c1ccc(F)c(S(=O)(=O)N2CCC(N)CC2)c1. The molecule has 1 saturated heterocycles. The van der Waals surface area contributed by atoms with Gasteiger partial charge in [0.25, 0.3) is 0 Å². The predicted molar refractivity (Wildman–Crippen MR) is 75.5 cm³/mol. The van der Waals surface area contributed by atoms with Crippen molar-refractivity contribution in [3.8, 4) is 0 Å². The molecule has 0 amide bonds. The third-order valence-electron chi connectivity index (χ3n) is 3.45. The first-order valence-electron chi connectivity index (χ1n) is 6.38. The van der Waals surface area contributed by atoms with Crippen LogP contribution in [0.25, 0.3) is 0 Å². The fraction of sp³-hybridized carbons (Fsp3) is 0.500. The van der Waals surface area contributed by atoms with Gasteiger partial charge in [-0.05, 0) is 31.0 Å². The Hall–Kier alpha value is -1.03. The summed E-state index contributed by atoms with van der Waals surface area (Å²) in [4.78, 5) is -0.836. The minimum Gasteiger partial charge on any atom is -0.328 e. The van der Waals surface area contributed by atoms with Crippen LogP contribution in [0.2, 0.25) is 0 Å². The lowest BCUT2D eigenvalue weighted by atomic mass is 10.1. The summed E-state index contributed by atoms with van der Waals surface area (Å²) in [6.45, 7) is 0.401. The van der Waals surface area contributed by atoms with Crippen LogP contribution in [-0.4, -0.2) is 46.5 Å². The molecule has 1 fully saturated rings. The predicted octanol–water partition coefficient (Wildman–Crippen LogP) is 0.341. The number of nitrogens with zero attached hydrogens (tertiary/aromatic N) is 1. The van der Waals surface area contributed by atoms with Crippen molar-refractivity contribution in [3.05, 3.63) is 24.0 Å². The summed E-state index contributed by atoms with van der Waals surface area (Å²) in [6.07, 6.45) is 1.93. The van der Waals surface area contributed by atoms with Crippen LogP contribution in [-0.2, 0) is 19.9 Å². The van der Waals surface area contributed by atoms with E-state index in [4.69, 9.17) is 5.73 Å². The first-order valence-corrected chi connectivity index (χ1v) is 9.71. The molecule has 0 radical (unpaired) electrons. The number of benzene rings is 1. The van der Waals surface area contributed by atoms with Gasteiger partial charge in [0, 0.05) is 25.4 Å². The Morgan fingerprint density at radius 3 is 2.29 bits per heavy atom. The lowest BCUT2D eigenvalue weighted by Gasteiger charge is -2.29. The van der Waals surface area contributed by atoms with Crippen LogP contribution in [0.5, 0.6) is 0 Å². The molecular weight excluding hydrogens is 319 g/mol. The maximum absolute atomic E-state index is 13.9. The molecular formula is C12H17FN2O4S2. The van der Waals surface area contributed by atoms with Gasteiger partial charge in [0.15, 0.2) is 9.84 Å². The molecule has 1 aliphatic rings. The average Bonchev–Trinajstić information content (AvgIpc) is 2.38. The first-order chi connectivity index (χ1) is 9.62. The van der Waals surface area contributed by atoms with E-state index in [9.17, 15) is 21.2 Å². The number of nitrogens with two attached hydrogens (primary N) is 1. The minimum absolute atomic E-state index is 0.0661. The summed E-state index contributed by atoms with van der Waals surface area (Å²) in [7, 11) is -7.67. The topological polar surface area (TPSA) is 97.5 Å². The Balaban J connectivity index is 2.45. The lowest BCUT2D eigenvalue weighted by Crippen LogP contribution is -2.43. The van der Waals surface area contributed by atoms with Crippen molar-refractivity contribution in [2.24, 2.45) is 5.73 Å². The van der Waals surface area contributed by atoms with Gasteiger partial charge in [-0.3, -0.25) is 0 Å². The third kappa shape index (κ3) is 3.42. The highest BCUT2D eigenvalue weighted by Crippen LogP contribution is 2.25. The van der Waals surface area contributed by atoms with Crippen LogP contribution < -0.4 is 5.73 Å². The monoisotopic (exact) mass is 336 g/mol. The number of sulfone groups is 1. The third-order valence-corrected chi connectivity index (χ3v) is 6.47. The van der Waals surface area contributed by atoms with Crippen LogP contribution in [0.3, 0.4) is 0 Å². The summed E-state index contributed by atoms with van der Waals surface area (Å²) in [5.41, 5.74) is 5.72. The summed E-state index contributed by atoms with van der Waals surface area (Å²) >= 11 is 0. The number of hydrogen-bond donors (Lipinski definition) is 1. The maximum atomic E-state index is 13.9. The molecule has 1 aliphatic heterocycles. The number of rotatable bonds is 3. The van der Waals surface area contributed by atoms with Gasteiger partial charge in [-0.2, -0.15) is 4.31 Å². The quantitative estimate of drug-likeness (QED) is 0.803. The standard InChI is InChI=1S/C12H17FN2O4S2/c1-20(16,17)10-2-3-11(13)12(8-10)21(18,19)15-6-4-9(14)5-7-15/h2-3,8-9H,4-7,14H2,1H3. The van der Waals surface area contributed by atoms with Gasteiger partial charge in [-0.25, -0.2) is 21.2 Å². The molecule has 1 heterocycles. The molecule has 2 rings (SSSR count). The normalized spacial score (nSPS) is 18.8. The molecule has 0 bridgehead atoms. The summed E-state index contributed by atoms with van der Waals surface area (Å²) in [6, 6.07) is 2.71. The van der Waals surface area contributed by atoms with Gasteiger partial charge in [0.1, 0.15) is 10.7 Å². The first kappa shape index (κ1) is 16.3. The minimum atomic E-state index is -4.06. The second-order valence-electron chi connectivity index (χ2n) is 5.11. The second kappa shape index (κ2) is 5.64. The molecule has 118 valence electrons. The molecule has 1 aromatic rings. The molecule has 0 aromatic heterocycles. The second-order valence-corrected chi connectivity index (χ2v) is 9.03. The highest BCUT2D eigenvalue weighted by Gasteiger charge is 2.31. The highest BCUT2D eigenvalue weighted by atomic mass is 32.2. The summed E-state index contributed by atoms with van der Waals surface area (Å²) < 4.78 is 62.9. The molecule has 1 aromatic carbocycles. The molecule has 0 unspecified atom stereocenters. The highest BCUT2D eigenvalue weighted by molar-refractivity contribution is 7.91. The van der Waals surface area contributed by atoms with Gasteiger partial charge in [0.05, 0.1) is 4.90 Å². The van der Waals surface area contributed by atoms with Crippen LogP contribution in [0, 0.1) is 5.82 Å². The molecule has 2 N–H and O–H groups in total. The number of piperidine rings is 1. The van der Waals surface area contributed by atoms with Crippen molar-refractivity contribution >= 4 is 19.9 Å². The van der Waals surface area contributed by atoms with Gasteiger partial charge < -0.3 is 5.73 Å². The summed E-state index contributed by atoms with van der Waals surface area (Å²) in [5.74, 6) is -0.961. The lowest BCUT2D eigenvalue weighted by molar-refractivity contribution is 0.319. The molecule has 6 nitrogen and oxygen atoms in total. The number of halogens is 1. The van der Waals surface area contributed by atoms with Gasteiger partial charge in [-0.1, -0.05) is 0 Å². The Bertz CT molecular complexity index is 739. The van der Waals surface area contributed by atoms with Crippen molar-refractivity contribution in [1.82, 2.24) is 4.31 Å².